The fourth-order valence-corrected chi connectivity index (χ4v) is 3.76. The molecule has 0 atom stereocenters. The molecule has 0 bridgehead atoms. The quantitative estimate of drug-likeness (QED) is 0.345. The van der Waals surface area contributed by atoms with Crippen LogP contribution in [0.25, 0.3) is 0 Å². The Bertz CT molecular complexity index is 287. The van der Waals surface area contributed by atoms with Crippen molar-refractivity contribution >= 4 is 0 Å². The van der Waals surface area contributed by atoms with Gasteiger partial charge in [0.1, 0.15) is 0 Å². The summed E-state index contributed by atoms with van der Waals surface area (Å²) < 4.78 is 0. The summed E-state index contributed by atoms with van der Waals surface area (Å²) >= 11 is 0. The standard InChI is InChI=1S/C10H18.C9H20.C4H8.C3H6/c1-2-6-10-8-4-3-7-9(10)5-1;1-5-6-7-8-9(2,3)4;1-4(2)3;1-3-2/h9-10H,1-8H2;5-8H2,1-4H3;1H2,2-3H3;3H,1H2,2H3. The van der Waals surface area contributed by atoms with Crippen LogP contribution in [0.15, 0.2) is 24.8 Å². The molecule has 2 aliphatic carbocycles. The Kier molecular flexibility index (Phi) is 19.0. The summed E-state index contributed by atoms with van der Waals surface area (Å²) in [6, 6.07) is 0. The minimum absolute atomic E-state index is 0.551. The summed E-state index contributed by atoms with van der Waals surface area (Å²) in [5.74, 6) is 2.31. The van der Waals surface area contributed by atoms with Gasteiger partial charge in [-0.15, -0.1) is 13.2 Å². The minimum Gasteiger partial charge on any atom is -0.103 e. The molecule has 2 rings (SSSR count). The predicted molar refractivity (Wildman–Crippen MR) is 124 cm³/mol. The van der Waals surface area contributed by atoms with E-state index in [4.69, 9.17) is 0 Å². The van der Waals surface area contributed by atoms with Crippen LogP contribution in [0.1, 0.15) is 126 Å². The number of unbranched alkanes of at least 4 members (excludes halogenated alkanes) is 2. The van der Waals surface area contributed by atoms with Crippen LogP contribution in [-0.4, -0.2) is 0 Å². The van der Waals surface area contributed by atoms with E-state index < -0.39 is 0 Å². The molecule has 0 aromatic carbocycles. The molecule has 2 fully saturated rings. The molecule has 156 valence electrons. The first kappa shape index (κ1) is 27.7. The molecule has 0 aromatic rings. The van der Waals surface area contributed by atoms with Crippen LogP contribution in [-0.2, 0) is 0 Å². The first-order chi connectivity index (χ1) is 12.2. The highest BCUT2D eigenvalue weighted by Gasteiger charge is 2.26. The van der Waals surface area contributed by atoms with Crippen LogP contribution in [0.2, 0.25) is 0 Å². The Balaban J connectivity index is 0. The third kappa shape index (κ3) is 21.5. The van der Waals surface area contributed by atoms with Crippen molar-refractivity contribution in [3.8, 4) is 0 Å². The zero-order valence-corrected chi connectivity index (χ0v) is 19.6. The van der Waals surface area contributed by atoms with E-state index in [9.17, 15) is 0 Å². The third-order valence-electron chi connectivity index (χ3n) is 5.00. The molecular formula is C26H52. The zero-order valence-electron chi connectivity index (χ0n) is 19.6. The molecule has 0 amide bonds. The minimum atomic E-state index is 0.551. The van der Waals surface area contributed by atoms with Gasteiger partial charge in [-0.3, -0.25) is 0 Å². The van der Waals surface area contributed by atoms with Crippen molar-refractivity contribution in [2.75, 3.05) is 0 Å². The van der Waals surface area contributed by atoms with Gasteiger partial charge in [0, 0.05) is 0 Å². The average molecular weight is 365 g/mol. The maximum Gasteiger partial charge on any atom is -0.0383 e. The molecule has 0 spiro atoms. The predicted octanol–water partition coefficient (Wildman–Crippen LogP) is 9.75. The van der Waals surface area contributed by atoms with E-state index in [0.29, 0.717) is 5.41 Å². The number of allylic oxidation sites excluding steroid dienone is 2. The summed E-state index contributed by atoms with van der Waals surface area (Å²) in [4.78, 5) is 0. The summed E-state index contributed by atoms with van der Waals surface area (Å²) in [6.45, 7) is 21.9. The van der Waals surface area contributed by atoms with Gasteiger partial charge in [0.25, 0.3) is 0 Å². The van der Waals surface area contributed by atoms with Gasteiger partial charge in [-0.2, -0.15) is 0 Å². The molecule has 0 aliphatic heterocycles. The third-order valence-corrected chi connectivity index (χ3v) is 5.00. The molecule has 0 radical (unpaired) electrons. The van der Waals surface area contributed by atoms with Crippen LogP contribution in [0.5, 0.6) is 0 Å². The Hall–Kier alpha value is -0.520. The van der Waals surface area contributed by atoms with Crippen molar-refractivity contribution in [1.29, 1.82) is 0 Å². The maximum absolute atomic E-state index is 3.56. The molecule has 0 saturated heterocycles. The molecule has 26 heavy (non-hydrogen) atoms. The first-order valence-corrected chi connectivity index (χ1v) is 11.4. The second-order valence-electron chi connectivity index (χ2n) is 9.72. The topological polar surface area (TPSA) is 0 Å². The number of hydrogen-bond donors (Lipinski definition) is 0. The highest BCUT2D eigenvalue weighted by molar-refractivity contribution is 4.79. The van der Waals surface area contributed by atoms with Crippen LogP contribution >= 0.6 is 0 Å². The lowest BCUT2D eigenvalue weighted by molar-refractivity contribution is 0.171. The SMILES string of the molecule is C1CCC2CCCCC2C1.C=C(C)C.C=CC.CCCCCC(C)(C)C. The van der Waals surface area contributed by atoms with Gasteiger partial charge in [-0.25, -0.2) is 0 Å². The number of rotatable bonds is 3. The van der Waals surface area contributed by atoms with E-state index in [1.54, 1.807) is 31.8 Å². The van der Waals surface area contributed by atoms with Crippen LogP contribution < -0.4 is 0 Å². The van der Waals surface area contributed by atoms with Crippen molar-refractivity contribution in [3.05, 3.63) is 24.8 Å². The smallest absolute Gasteiger partial charge is 0.0383 e. The summed E-state index contributed by atoms with van der Waals surface area (Å²) in [5.41, 5.74) is 1.72. The second kappa shape index (κ2) is 17.9. The van der Waals surface area contributed by atoms with Gasteiger partial charge < -0.3 is 0 Å². The fourth-order valence-electron chi connectivity index (χ4n) is 3.76. The maximum atomic E-state index is 3.56. The number of fused-ring (bicyclic) bond motifs is 1. The Morgan fingerprint density at radius 3 is 1.42 bits per heavy atom. The Morgan fingerprint density at radius 1 is 0.885 bits per heavy atom. The van der Waals surface area contributed by atoms with Crippen molar-refractivity contribution in [2.24, 2.45) is 17.3 Å². The Morgan fingerprint density at radius 2 is 1.19 bits per heavy atom. The lowest BCUT2D eigenvalue weighted by Gasteiger charge is -2.35. The number of hydrogen-bond acceptors (Lipinski definition) is 0. The fraction of sp³-hybridized carbons (Fsp3) is 0.846. The molecule has 0 heteroatoms. The van der Waals surface area contributed by atoms with Crippen molar-refractivity contribution in [1.82, 2.24) is 0 Å². The van der Waals surface area contributed by atoms with E-state index in [0.717, 1.165) is 11.8 Å². The van der Waals surface area contributed by atoms with Crippen molar-refractivity contribution < 1.29 is 0 Å². The normalized spacial score (nSPS) is 21.3. The van der Waals surface area contributed by atoms with Crippen LogP contribution in [0.4, 0.5) is 0 Å². The van der Waals surface area contributed by atoms with Gasteiger partial charge in [0.15, 0.2) is 0 Å². The van der Waals surface area contributed by atoms with Crippen LogP contribution in [0, 0.1) is 17.3 Å². The zero-order chi connectivity index (χ0) is 20.4. The van der Waals surface area contributed by atoms with Crippen LogP contribution in [0.3, 0.4) is 0 Å². The Labute approximate surface area is 167 Å². The highest BCUT2D eigenvalue weighted by Crippen LogP contribution is 2.40. The van der Waals surface area contributed by atoms with Gasteiger partial charge >= 0.3 is 0 Å². The summed E-state index contributed by atoms with van der Waals surface area (Å²) in [6.07, 6.45) is 19.6. The van der Waals surface area contributed by atoms with E-state index in [2.05, 4.69) is 40.9 Å². The average Bonchev–Trinajstić information content (AvgIpc) is 2.55. The summed E-state index contributed by atoms with van der Waals surface area (Å²) in [7, 11) is 0. The molecule has 0 unspecified atom stereocenters. The monoisotopic (exact) mass is 364 g/mol. The van der Waals surface area contributed by atoms with E-state index in [1.165, 1.54) is 56.9 Å². The molecule has 0 nitrogen and oxygen atoms in total. The molecule has 0 heterocycles. The molecular weight excluding hydrogens is 312 g/mol. The van der Waals surface area contributed by atoms with Gasteiger partial charge in [0.05, 0.1) is 0 Å². The summed E-state index contributed by atoms with van der Waals surface area (Å²) in [5, 5.41) is 0. The van der Waals surface area contributed by atoms with Gasteiger partial charge in [-0.1, -0.05) is 110 Å². The van der Waals surface area contributed by atoms with Crippen molar-refractivity contribution in [2.45, 2.75) is 126 Å². The lowest BCUT2D eigenvalue weighted by atomic mass is 9.71. The second-order valence-corrected chi connectivity index (χ2v) is 9.72. The highest BCUT2D eigenvalue weighted by atomic mass is 14.3. The van der Waals surface area contributed by atoms with Gasteiger partial charge in [0.2, 0.25) is 0 Å². The molecule has 0 aromatic heterocycles. The van der Waals surface area contributed by atoms with E-state index >= 15 is 0 Å². The van der Waals surface area contributed by atoms with E-state index in [1.807, 2.05) is 20.8 Å². The molecule has 2 saturated carbocycles. The van der Waals surface area contributed by atoms with Crippen molar-refractivity contribution in [3.63, 3.8) is 0 Å². The molecule has 2 aliphatic rings. The largest absolute Gasteiger partial charge is 0.103 e. The molecule has 0 N–H and O–H groups in total. The van der Waals surface area contributed by atoms with E-state index in [-0.39, 0.29) is 0 Å². The lowest BCUT2D eigenvalue weighted by Crippen LogP contribution is -2.22. The van der Waals surface area contributed by atoms with Gasteiger partial charge in [-0.05, 0) is 44.4 Å². The first-order valence-electron chi connectivity index (χ1n) is 11.4.